The number of carbonyl (C=O) groups is 1. The first-order chi connectivity index (χ1) is 9.36. The number of nitro groups is 1. The molecule has 0 spiro atoms. The van der Waals surface area contributed by atoms with Crippen molar-refractivity contribution < 1.29 is 14.5 Å². The molecule has 1 rings (SSSR count). The number of nitrogens with zero attached hydrogens (tertiary/aromatic N) is 3. The fourth-order valence-electron chi connectivity index (χ4n) is 1.91. The van der Waals surface area contributed by atoms with Crippen molar-refractivity contribution in [3.8, 4) is 0 Å². The van der Waals surface area contributed by atoms with Gasteiger partial charge in [-0.05, 0) is 19.8 Å². The highest BCUT2D eigenvalue weighted by molar-refractivity contribution is 5.69. The summed E-state index contributed by atoms with van der Waals surface area (Å²) < 4.78 is 6.30. The van der Waals surface area contributed by atoms with Gasteiger partial charge in [0.1, 0.15) is 5.69 Å². The predicted octanol–water partition coefficient (Wildman–Crippen LogP) is 1.64. The Hall–Kier alpha value is -2.12. The molecule has 0 aliphatic rings. The first-order valence-electron chi connectivity index (χ1n) is 6.44. The van der Waals surface area contributed by atoms with Crippen LogP contribution in [0.1, 0.15) is 26.0 Å². The first-order valence-corrected chi connectivity index (χ1v) is 6.44. The summed E-state index contributed by atoms with van der Waals surface area (Å²) in [6.07, 6.45) is 0.269. The SMILES string of the molecule is CCOC(=O)C[C@H](C)CNc1c([N+](=O)[O-])c(C)nn1C. The summed E-state index contributed by atoms with van der Waals surface area (Å²) in [6.45, 7) is 6.00. The minimum atomic E-state index is -0.458. The Kier molecular flexibility index (Phi) is 5.48. The van der Waals surface area contributed by atoms with Crippen LogP contribution in [-0.4, -0.2) is 33.8 Å². The second-order valence-electron chi connectivity index (χ2n) is 4.66. The lowest BCUT2D eigenvalue weighted by Gasteiger charge is -2.12. The van der Waals surface area contributed by atoms with E-state index in [0.29, 0.717) is 24.7 Å². The number of aromatic nitrogens is 2. The van der Waals surface area contributed by atoms with E-state index in [1.807, 2.05) is 6.92 Å². The van der Waals surface area contributed by atoms with E-state index in [-0.39, 0.29) is 24.0 Å². The van der Waals surface area contributed by atoms with Gasteiger partial charge in [0.05, 0.1) is 11.5 Å². The number of anilines is 1. The van der Waals surface area contributed by atoms with E-state index in [1.165, 1.54) is 4.68 Å². The van der Waals surface area contributed by atoms with Crippen LogP contribution in [0, 0.1) is 23.0 Å². The molecule has 0 unspecified atom stereocenters. The standard InChI is InChI=1S/C12H20N4O4/c1-5-20-10(17)6-8(2)7-13-12-11(16(18)19)9(3)14-15(12)4/h8,13H,5-7H2,1-4H3/t8-/m0/s1. The van der Waals surface area contributed by atoms with Crippen LogP contribution >= 0.6 is 0 Å². The second-order valence-corrected chi connectivity index (χ2v) is 4.66. The number of hydrogen-bond donors (Lipinski definition) is 1. The number of ether oxygens (including phenoxy) is 1. The van der Waals surface area contributed by atoms with Gasteiger partial charge in [-0.2, -0.15) is 5.10 Å². The summed E-state index contributed by atoms with van der Waals surface area (Å²) in [5, 5.41) is 18.0. The summed E-state index contributed by atoms with van der Waals surface area (Å²) >= 11 is 0. The molecule has 20 heavy (non-hydrogen) atoms. The van der Waals surface area contributed by atoms with E-state index >= 15 is 0 Å². The van der Waals surface area contributed by atoms with Crippen LogP contribution in [0.2, 0.25) is 0 Å². The summed E-state index contributed by atoms with van der Waals surface area (Å²) in [4.78, 5) is 21.9. The third-order valence-electron chi connectivity index (χ3n) is 2.81. The molecule has 0 aliphatic carbocycles. The van der Waals surface area contributed by atoms with E-state index in [9.17, 15) is 14.9 Å². The van der Waals surface area contributed by atoms with Gasteiger partial charge in [0.2, 0.25) is 5.82 Å². The number of aryl methyl sites for hydroxylation is 2. The number of esters is 1. The Labute approximate surface area is 117 Å². The van der Waals surface area contributed by atoms with E-state index in [0.717, 1.165) is 0 Å². The molecule has 0 aliphatic heterocycles. The molecule has 8 heteroatoms. The molecule has 1 heterocycles. The van der Waals surface area contributed by atoms with Gasteiger partial charge in [-0.15, -0.1) is 0 Å². The van der Waals surface area contributed by atoms with E-state index in [4.69, 9.17) is 4.74 Å². The molecule has 0 bridgehead atoms. The smallest absolute Gasteiger partial charge is 0.333 e. The number of nitrogens with one attached hydrogen (secondary N) is 1. The van der Waals surface area contributed by atoms with Gasteiger partial charge in [-0.3, -0.25) is 14.9 Å². The van der Waals surface area contributed by atoms with Gasteiger partial charge in [0.15, 0.2) is 0 Å². The zero-order chi connectivity index (χ0) is 15.3. The molecule has 8 nitrogen and oxygen atoms in total. The molecule has 112 valence electrons. The van der Waals surface area contributed by atoms with Crippen molar-refractivity contribution in [1.82, 2.24) is 9.78 Å². The molecule has 1 aromatic heterocycles. The summed E-state index contributed by atoms with van der Waals surface area (Å²) in [6, 6.07) is 0. The zero-order valence-corrected chi connectivity index (χ0v) is 12.2. The van der Waals surface area contributed by atoms with Crippen LogP contribution < -0.4 is 5.32 Å². The second kappa shape index (κ2) is 6.88. The lowest BCUT2D eigenvalue weighted by Crippen LogP contribution is -2.18. The maximum absolute atomic E-state index is 11.3. The van der Waals surface area contributed by atoms with Crippen LogP contribution in [0.25, 0.3) is 0 Å². The van der Waals surface area contributed by atoms with E-state index in [2.05, 4.69) is 10.4 Å². The quantitative estimate of drug-likeness (QED) is 0.464. The minimum Gasteiger partial charge on any atom is -0.466 e. The van der Waals surface area contributed by atoms with Gasteiger partial charge >= 0.3 is 11.7 Å². The molecular formula is C12H20N4O4. The molecule has 1 atom stereocenters. The number of carbonyl (C=O) groups excluding carboxylic acids is 1. The Bertz CT molecular complexity index is 498. The van der Waals surface area contributed by atoms with Crippen LogP contribution in [-0.2, 0) is 16.6 Å². The van der Waals surface area contributed by atoms with Crippen molar-refractivity contribution in [1.29, 1.82) is 0 Å². The lowest BCUT2D eigenvalue weighted by molar-refractivity contribution is -0.384. The zero-order valence-electron chi connectivity index (χ0n) is 12.2. The molecule has 0 aromatic carbocycles. The highest BCUT2D eigenvalue weighted by Gasteiger charge is 2.24. The highest BCUT2D eigenvalue weighted by atomic mass is 16.6. The number of hydrogen-bond acceptors (Lipinski definition) is 6. The maximum Gasteiger partial charge on any atom is 0.333 e. The van der Waals surface area contributed by atoms with Gasteiger partial charge in [-0.25, -0.2) is 4.68 Å². The lowest BCUT2D eigenvalue weighted by atomic mass is 10.1. The van der Waals surface area contributed by atoms with Gasteiger partial charge in [-0.1, -0.05) is 6.92 Å². The molecule has 1 aromatic rings. The Morgan fingerprint density at radius 1 is 1.60 bits per heavy atom. The van der Waals surface area contributed by atoms with Crippen molar-refractivity contribution in [2.75, 3.05) is 18.5 Å². The molecular weight excluding hydrogens is 264 g/mol. The van der Waals surface area contributed by atoms with Gasteiger partial charge in [0, 0.05) is 20.0 Å². The Morgan fingerprint density at radius 3 is 2.80 bits per heavy atom. The topological polar surface area (TPSA) is 99.3 Å². The van der Waals surface area contributed by atoms with Crippen LogP contribution in [0.4, 0.5) is 11.5 Å². The molecule has 1 N–H and O–H groups in total. The Morgan fingerprint density at radius 2 is 2.25 bits per heavy atom. The molecule has 0 saturated heterocycles. The van der Waals surface area contributed by atoms with Crippen molar-refractivity contribution in [3.05, 3.63) is 15.8 Å². The third kappa shape index (κ3) is 3.94. The fourth-order valence-corrected chi connectivity index (χ4v) is 1.91. The average Bonchev–Trinajstić information content (AvgIpc) is 2.61. The minimum absolute atomic E-state index is 0.00357. The van der Waals surface area contributed by atoms with Gasteiger partial charge in [0.25, 0.3) is 0 Å². The molecule has 0 saturated carbocycles. The monoisotopic (exact) mass is 284 g/mol. The normalized spacial score (nSPS) is 12.0. The van der Waals surface area contributed by atoms with Crippen molar-refractivity contribution >= 4 is 17.5 Å². The summed E-state index contributed by atoms with van der Waals surface area (Å²) in [5.74, 6) is 0.0876. The largest absolute Gasteiger partial charge is 0.466 e. The molecule has 0 amide bonds. The van der Waals surface area contributed by atoms with E-state index in [1.54, 1.807) is 20.9 Å². The Balaban J connectivity index is 2.66. The fraction of sp³-hybridized carbons (Fsp3) is 0.667. The van der Waals surface area contributed by atoms with Crippen molar-refractivity contribution in [2.45, 2.75) is 27.2 Å². The predicted molar refractivity (Wildman–Crippen MR) is 73.5 cm³/mol. The van der Waals surface area contributed by atoms with Crippen molar-refractivity contribution in [3.63, 3.8) is 0 Å². The highest BCUT2D eigenvalue weighted by Crippen LogP contribution is 2.27. The molecule has 0 fully saturated rings. The first kappa shape index (κ1) is 15.9. The maximum atomic E-state index is 11.3. The van der Waals surface area contributed by atoms with Crippen LogP contribution in [0.15, 0.2) is 0 Å². The van der Waals surface area contributed by atoms with E-state index < -0.39 is 4.92 Å². The van der Waals surface area contributed by atoms with Crippen LogP contribution in [0.5, 0.6) is 0 Å². The van der Waals surface area contributed by atoms with Crippen LogP contribution in [0.3, 0.4) is 0 Å². The molecule has 0 radical (unpaired) electrons. The number of rotatable bonds is 7. The average molecular weight is 284 g/mol. The van der Waals surface area contributed by atoms with Gasteiger partial charge < -0.3 is 10.1 Å². The summed E-state index contributed by atoms with van der Waals surface area (Å²) in [5.41, 5.74) is 0.328. The third-order valence-corrected chi connectivity index (χ3v) is 2.81. The summed E-state index contributed by atoms with van der Waals surface area (Å²) in [7, 11) is 1.64. The van der Waals surface area contributed by atoms with Crippen molar-refractivity contribution in [2.24, 2.45) is 13.0 Å².